The molecule has 0 amide bonds. The Hall–Kier alpha value is -6.84. The summed E-state index contributed by atoms with van der Waals surface area (Å²) in [7, 11) is 0. The third-order valence-corrected chi connectivity index (χ3v) is 11.0. The second kappa shape index (κ2) is 12.7. The molecule has 8 aromatic carbocycles. The van der Waals surface area contributed by atoms with Crippen molar-refractivity contribution in [3.05, 3.63) is 205 Å². The highest BCUT2D eigenvalue weighted by Gasteiger charge is 2.41. The third kappa shape index (κ3) is 5.20. The van der Waals surface area contributed by atoms with Gasteiger partial charge >= 0.3 is 0 Å². The number of fused-ring (bicyclic) bond motifs is 4. The van der Waals surface area contributed by atoms with Crippen LogP contribution in [0.4, 0.5) is 34.1 Å². The summed E-state index contributed by atoms with van der Waals surface area (Å²) in [4.78, 5) is 4.78. The van der Waals surface area contributed by atoms with Crippen molar-refractivity contribution in [2.45, 2.75) is 19.3 Å². The highest BCUT2D eigenvalue weighted by molar-refractivity contribution is 5.95. The quantitative estimate of drug-likeness (QED) is 0.172. The van der Waals surface area contributed by atoms with E-state index in [-0.39, 0.29) is 5.41 Å². The molecule has 0 unspecified atom stereocenters. The van der Waals surface area contributed by atoms with Crippen LogP contribution in [0, 0.1) is 0 Å². The molecule has 2 aliphatic rings. The smallest absolute Gasteiger partial charge is 0.152 e. The van der Waals surface area contributed by atoms with Crippen LogP contribution in [0.3, 0.4) is 0 Å². The number of hydrogen-bond donors (Lipinski definition) is 0. The minimum absolute atomic E-state index is 0.248. The van der Waals surface area contributed by atoms with E-state index in [1.165, 1.54) is 39.1 Å². The second-order valence-electron chi connectivity index (χ2n) is 14.6. The number of ether oxygens (including phenoxy) is 1. The topological polar surface area (TPSA) is 15.7 Å². The Morgan fingerprint density at radius 3 is 1.85 bits per heavy atom. The van der Waals surface area contributed by atoms with Crippen LogP contribution in [-0.2, 0) is 5.41 Å². The van der Waals surface area contributed by atoms with Gasteiger partial charge in [-0.05, 0) is 99.6 Å². The first-order valence-corrected chi connectivity index (χ1v) is 18.6. The molecule has 10 rings (SSSR count). The van der Waals surface area contributed by atoms with Gasteiger partial charge in [-0.3, -0.25) is 0 Å². The Bertz CT molecular complexity index is 2660. The van der Waals surface area contributed by atoms with Crippen molar-refractivity contribution < 1.29 is 4.74 Å². The molecule has 258 valence electrons. The van der Waals surface area contributed by atoms with Gasteiger partial charge in [0.05, 0.1) is 22.7 Å². The summed E-state index contributed by atoms with van der Waals surface area (Å²) < 4.78 is 6.77. The molecule has 2 heterocycles. The van der Waals surface area contributed by atoms with Crippen LogP contribution in [-0.4, -0.2) is 0 Å². The van der Waals surface area contributed by atoms with E-state index in [4.69, 9.17) is 4.74 Å². The molecule has 0 aromatic heterocycles. The van der Waals surface area contributed by atoms with Gasteiger partial charge in [0.1, 0.15) is 0 Å². The molecule has 54 heavy (non-hydrogen) atoms. The molecule has 0 fully saturated rings. The molecule has 0 bridgehead atoms. The van der Waals surface area contributed by atoms with Crippen molar-refractivity contribution in [1.82, 2.24) is 0 Å². The van der Waals surface area contributed by atoms with Gasteiger partial charge in [-0.25, -0.2) is 0 Å². The largest absolute Gasteiger partial charge is 0.453 e. The Kier molecular flexibility index (Phi) is 7.48. The number of rotatable bonds is 6. The minimum Gasteiger partial charge on any atom is -0.453 e. The molecule has 0 N–H and O–H groups in total. The first-order chi connectivity index (χ1) is 26.5. The highest BCUT2D eigenvalue weighted by Crippen LogP contribution is 2.60. The predicted molar refractivity (Wildman–Crippen MR) is 224 cm³/mol. The summed E-state index contributed by atoms with van der Waals surface area (Å²) in [5.74, 6) is 1.73. The maximum atomic E-state index is 6.77. The summed E-state index contributed by atoms with van der Waals surface area (Å²) in [5, 5.41) is 0. The highest BCUT2D eigenvalue weighted by atomic mass is 16.5. The van der Waals surface area contributed by atoms with Crippen molar-refractivity contribution >= 4 is 34.1 Å². The van der Waals surface area contributed by atoms with Crippen LogP contribution >= 0.6 is 0 Å². The van der Waals surface area contributed by atoms with Crippen molar-refractivity contribution in [2.75, 3.05) is 9.80 Å². The molecule has 0 aliphatic carbocycles. The average Bonchev–Trinajstić information content (AvgIpc) is 3.23. The predicted octanol–water partition coefficient (Wildman–Crippen LogP) is 14.4. The molecule has 0 saturated heterocycles. The van der Waals surface area contributed by atoms with Crippen LogP contribution in [0.15, 0.2) is 194 Å². The summed E-state index contributed by atoms with van der Waals surface area (Å²) in [6.45, 7) is 4.67. The summed E-state index contributed by atoms with van der Waals surface area (Å²) in [6, 6.07) is 69.5. The molecule has 0 spiro atoms. The van der Waals surface area contributed by atoms with Gasteiger partial charge in [-0.15, -0.1) is 0 Å². The van der Waals surface area contributed by atoms with E-state index >= 15 is 0 Å². The summed E-state index contributed by atoms with van der Waals surface area (Å²) in [5.41, 5.74) is 15.9. The average molecular weight is 695 g/mol. The Morgan fingerprint density at radius 1 is 0.426 bits per heavy atom. The van der Waals surface area contributed by atoms with Crippen LogP contribution < -0.4 is 14.5 Å². The molecule has 2 aliphatic heterocycles. The molecule has 8 aromatic rings. The van der Waals surface area contributed by atoms with Gasteiger partial charge in [0.2, 0.25) is 0 Å². The fourth-order valence-corrected chi connectivity index (χ4v) is 8.33. The monoisotopic (exact) mass is 694 g/mol. The first-order valence-electron chi connectivity index (χ1n) is 18.6. The van der Waals surface area contributed by atoms with E-state index in [1.54, 1.807) is 0 Å². The fraction of sp³-hybridized carbons (Fsp3) is 0.0588. The van der Waals surface area contributed by atoms with E-state index in [0.29, 0.717) is 0 Å². The molecule has 0 radical (unpaired) electrons. The molecule has 0 saturated carbocycles. The minimum atomic E-state index is -0.248. The molecule has 0 atom stereocenters. The molecule has 3 nitrogen and oxygen atoms in total. The fourth-order valence-electron chi connectivity index (χ4n) is 8.33. The van der Waals surface area contributed by atoms with Crippen LogP contribution in [0.25, 0.3) is 33.4 Å². The van der Waals surface area contributed by atoms with E-state index in [9.17, 15) is 0 Å². The lowest BCUT2D eigenvalue weighted by molar-refractivity contribution is 0.471. The lowest BCUT2D eigenvalue weighted by Gasteiger charge is -2.45. The Morgan fingerprint density at radius 2 is 1.06 bits per heavy atom. The molecule has 3 heteroatoms. The third-order valence-electron chi connectivity index (χ3n) is 11.0. The second-order valence-corrected chi connectivity index (χ2v) is 14.6. The normalized spacial score (nSPS) is 13.3. The molecular weight excluding hydrogens is 657 g/mol. The number of hydrogen-bond acceptors (Lipinski definition) is 3. The maximum absolute atomic E-state index is 6.77. The number of para-hydroxylation sites is 4. The lowest BCUT2D eigenvalue weighted by Crippen LogP contribution is -2.32. The van der Waals surface area contributed by atoms with Gasteiger partial charge < -0.3 is 14.5 Å². The molecular formula is C51H38N2O. The Labute approximate surface area is 317 Å². The number of nitrogens with zero attached hydrogens (tertiary/aromatic N) is 2. The maximum Gasteiger partial charge on any atom is 0.152 e. The van der Waals surface area contributed by atoms with Crippen LogP contribution in [0.2, 0.25) is 0 Å². The first kappa shape index (κ1) is 31.9. The summed E-state index contributed by atoms with van der Waals surface area (Å²) >= 11 is 0. The SMILES string of the molecule is CC1(C)c2ccccc2N2c3ccccc3Oc3cc(-c4cccc(N(c5ccc(-c6ccccc6)cc5)c5ccccc5-c5ccccc5)c4)cc1c32. The van der Waals surface area contributed by atoms with Gasteiger partial charge in [0.15, 0.2) is 11.5 Å². The van der Waals surface area contributed by atoms with Gasteiger partial charge in [-0.1, -0.05) is 147 Å². The van der Waals surface area contributed by atoms with E-state index in [1.807, 2.05) is 6.07 Å². The van der Waals surface area contributed by atoms with E-state index in [0.717, 1.165) is 51.1 Å². The summed E-state index contributed by atoms with van der Waals surface area (Å²) in [6.07, 6.45) is 0. The van der Waals surface area contributed by atoms with Crippen molar-refractivity contribution in [3.8, 4) is 44.9 Å². The standard InChI is InChI=1S/C51H38N2O/c1-51(2)43-23-10-12-25-46(43)53-47-26-13-14-27-48(47)54-49-34-39(33-44(51)50(49)53)38-20-15-21-41(32-38)52(40-30-28-36(29-31-40)35-16-5-3-6-17-35)45-24-11-9-22-42(45)37-18-7-4-8-19-37/h3-34H,1-2H3. The lowest BCUT2D eigenvalue weighted by atomic mass is 9.72. The number of anilines is 6. The van der Waals surface area contributed by atoms with Gasteiger partial charge in [0.25, 0.3) is 0 Å². The van der Waals surface area contributed by atoms with Gasteiger partial charge in [-0.2, -0.15) is 0 Å². The number of benzene rings is 8. The van der Waals surface area contributed by atoms with Crippen LogP contribution in [0.1, 0.15) is 25.0 Å². The van der Waals surface area contributed by atoms with Crippen molar-refractivity contribution in [2.24, 2.45) is 0 Å². The van der Waals surface area contributed by atoms with Crippen LogP contribution in [0.5, 0.6) is 11.5 Å². The zero-order valence-corrected chi connectivity index (χ0v) is 30.3. The van der Waals surface area contributed by atoms with Gasteiger partial charge in [0, 0.05) is 22.4 Å². The van der Waals surface area contributed by atoms with E-state index < -0.39 is 0 Å². The van der Waals surface area contributed by atoms with E-state index in [2.05, 4.69) is 212 Å². The zero-order valence-electron chi connectivity index (χ0n) is 30.3. The zero-order chi connectivity index (χ0) is 36.2. The van der Waals surface area contributed by atoms with Crippen molar-refractivity contribution in [3.63, 3.8) is 0 Å². The van der Waals surface area contributed by atoms with Crippen molar-refractivity contribution in [1.29, 1.82) is 0 Å². The Balaban J connectivity index is 1.14.